The molecular formula is C25H34N4O3S. The van der Waals surface area contributed by atoms with Gasteiger partial charge in [0.15, 0.2) is 0 Å². The smallest absolute Gasteiger partial charge is 0.253 e. The van der Waals surface area contributed by atoms with E-state index < -0.39 is 10.0 Å². The van der Waals surface area contributed by atoms with Gasteiger partial charge in [-0.2, -0.15) is 0 Å². The first-order valence-electron chi connectivity index (χ1n) is 11.9. The Morgan fingerprint density at radius 2 is 1.64 bits per heavy atom. The normalized spacial score (nSPS) is 17.5. The van der Waals surface area contributed by atoms with E-state index in [0.29, 0.717) is 37.3 Å². The number of piperazine rings is 1. The lowest BCUT2D eigenvalue weighted by atomic mass is 10.1. The number of carbonyl (C=O) groups is 1. The van der Waals surface area contributed by atoms with Crippen LogP contribution in [0.25, 0.3) is 0 Å². The lowest BCUT2D eigenvalue weighted by Gasteiger charge is -2.35. The van der Waals surface area contributed by atoms with E-state index in [1.54, 1.807) is 12.1 Å². The van der Waals surface area contributed by atoms with Gasteiger partial charge in [0.25, 0.3) is 5.91 Å². The molecule has 0 unspecified atom stereocenters. The van der Waals surface area contributed by atoms with E-state index in [0.717, 1.165) is 45.6 Å². The Hall–Kier alpha value is -2.42. The molecule has 2 aliphatic heterocycles. The summed E-state index contributed by atoms with van der Waals surface area (Å²) < 4.78 is 28.8. The number of sulfonamides is 1. The van der Waals surface area contributed by atoms with Crippen molar-refractivity contribution in [1.29, 1.82) is 0 Å². The third kappa shape index (κ3) is 5.75. The summed E-state index contributed by atoms with van der Waals surface area (Å²) in [5, 5.41) is 0. The zero-order chi connectivity index (χ0) is 23.3. The standard InChI is InChI=1S/C25H34N4O3S/c1-2-12-26-33(31,32)24-19-22(10-11-23(24)28-13-6-7-14-28)25(30)29-17-15-27(16-18-29)20-21-8-4-3-5-9-21/h3-5,8-11,19,26H,2,6-7,12-18,20H2,1H3. The van der Waals surface area contributed by atoms with Crippen LogP contribution < -0.4 is 9.62 Å². The molecule has 178 valence electrons. The third-order valence-corrected chi connectivity index (χ3v) is 7.88. The Morgan fingerprint density at radius 3 is 2.30 bits per heavy atom. The van der Waals surface area contributed by atoms with Gasteiger partial charge in [-0.1, -0.05) is 37.3 Å². The summed E-state index contributed by atoms with van der Waals surface area (Å²) in [5.41, 5.74) is 2.40. The molecular weight excluding hydrogens is 436 g/mol. The first kappa shape index (κ1) is 23.7. The Balaban J connectivity index is 1.49. The molecule has 2 heterocycles. The zero-order valence-electron chi connectivity index (χ0n) is 19.4. The molecule has 2 aromatic rings. The molecule has 7 nitrogen and oxygen atoms in total. The van der Waals surface area contributed by atoms with Crippen LogP contribution >= 0.6 is 0 Å². The summed E-state index contributed by atoms with van der Waals surface area (Å²) in [6.07, 6.45) is 2.82. The number of carbonyl (C=O) groups excluding carboxylic acids is 1. The van der Waals surface area contributed by atoms with Gasteiger partial charge in [-0.05, 0) is 43.0 Å². The predicted molar refractivity (Wildman–Crippen MR) is 131 cm³/mol. The Kier molecular flexibility index (Phi) is 7.67. The summed E-state index contributed by atoms with van der Waals surface area (Å²) in [6.45, 7) is 7.74. The number of anilines is 1. The molecule has 33 heavy (non-hydrogen) atoms. The van der Waals surface area contributed by atoms with Crippen molar-refractivity contribution in [1.82, 2.24) is 14.5 Å². The minimum atomic E-state index is -3.69. The summed E-state index contributed by atoms with van der Waals surface area (Å²) in [7, 11) is -3.69. The molecule has 2 aliphatic rings. The van der Waals surface area contributed by atoms with Crippen molar-refractivity contribution in [3.05, 3.63) is 59.7 Å². The van der Waals surface area contributed by atoms with Crippen LogP contribution in [-0.4, -0.2) is 69.9 Å². The highest BCUT2D eigenvalue weighted by Gasteiger charge is 2.27. The number of amides is 1. The van der Waals surface area contributed by atoms with E-state index in [1.807, 2.05) is 36.1 Å². The van der Waals surface area contributed by atoms with Gasteiger partial charge >= 0.3 is 0 Å². The largest absolute Gasteiger partial charge is 0.370 e. The topological polar surface area (TPSA) is 73.0 Å². The molecule has 0 atom stereocenters. The van der Waals surface area contributed by atoms with Crippen LogP contribution in [0.5, 0.6) is 0 Å². The fraction of sp³-hybridized carbons (Fsp3) is 0.480. The van der Waals surface area contributed by atoms with Gasteiger partial charge in [-0.15, -0.1) is 0 Å². The number of nitrogens with zero attached hydrogens (tertiary/aromatic N) is 3. The lowest BCUT2D eigenvalue weighted by molar-refractivity contribution is 0.0628. The molecule has 0 aliphatic carbocycles. The first-order chi connectivity index (χ1) is 16.0. The van der Waals surface area contributed by atoms with Crippen LogP contribution in [-0.2, 0) is 16.6 Å². The fourth-order valence-corrected chi connectivity index (χ4v) is 5.91. The molecule has 4 rings (SSSR count). The Labute approximate surface area is 197 Å². The predicted octanol–water partition coefficient (Wildman–Crippen LogP) is 2.93. The summed E-state index contributed by atoms with van der Waals surface area (Å²) >= 11 is 0. The molecule has 1 amide bonds. The van der Waals surface area contributed by atoms with E-state index in [-0.39, 0.29) is 10.8 Å². The van der Waals surface area contributed by atoms with Crippen LogP contribution in [0.4, 0.5) is 5.69 Å². The minimum absolute atomic E-state index is 0.103. The Morgan fingerprint density at radius 1 is 0.939 bits per heavy atom. The number of rotatable bonds is 8. The fourth-order valence-electron chi connectivity index (χ4n) is 4.53. The van der Waals surface area contributed by atoms with Gasteiger partial charge in [0.1, 0.15) is 4.90 Å². The number of benzene rings is 2. The summed E-state index contributed by atoms with van der Waals surface area (Å²) in [5.74, 6) is -0.103. The van der Waals surface area contributed by atoms with Crippen molar-refractivity contribution in [2.45, 2.75) is 37.6 Å². The maximum atomic E-state index is 13.3. The van der Waals surface area contributed by atoms with Crippen molar-refractivity contribution >= 4 is 21.6 Å². The van der Waals surface area contributed by atoms with Crippen LogP contribution in [0.1, 0.15) is 42.1 Å². The van der Waals surface area contributed by atoms with E-state index >= 15 is 0 Å². The van der Waals surface area contributed by atoms with Gasteiger partial charge < -0.3 is 9.80 Å². The van der Waals surface area contributed by atoms with Crippen LogP contribution in [0.3, 0.4) is 0 Å². The highest BCUT2D eigenvalue weighted by atomic mass is 32.2. The van der Waals surface area contributed by atoms with Crippen molar-refractivity contribution in [3.8, 4) is 0 Å². The molecule has 8 heteroatoms. The highest BCUT2D eigenvalue weighted by Crippen LogP contribution is 2.30. The molecule has 2 saturated heterocycles. The molecule has 1 N–H and O–H groups in total. The molecule has 2 fully saturated rings. The lowest BCUT2D eigenvalue weighted by Crippen LogP contribution is -2.48. The summed E-state index contributed by atoms with van der Waals surface area (Å²) in [4.78, 5) is 19.8. The van der Waals surface area contributed by atoms with Crippen molar-refractivity contribution < 1.29 is 13.2 Å². The quantitative estimate of drug-likeness (QED) is 0.642. The minimum Gasteiger partial charge on any atom is -0.370 e. The number of nitrogens with one attached hydrogen (secondary N) is 1. The Bertz CT molecular complexity index is 1040. The second-order valence-corrected chi connectivity index (χ2v) is 10.6. The van der Waals surface area contributed by atoms with E-state index in [4.69, 9.17) is 0 Å². The van der Waals surface area contributed by atoms with Gasteiger partial charge in [0.05, 0.1) is 5.69 Å². The van der Waals surface area contributed by atoms with E-state index in [1.165, 1.54) is 5.56 Å². The molecule has 0 saturated carbocycles. The van der Waals surface area contributed by atoms with Crippen LogP contribution in [0.2, 0.25) is 0 Å². The molecule has 0 bridgehead atoms. The maximum absolute atomic E-state index is 13.3. The molecule has 0 spiro atoms. The average molecular weight is 471 g/mol. The van der Waals surface area contributed by atoms with Crippen molar-refractivity contribution in [3.63, 3.8) is 0 Å². The van der Waals surface area contributed by atoms with Gasteiger partial charge in [-0.3, -0.25) is 9.69 Å². The van der Waals surface area contributed by atoms with E-state index in [2.05, 4.69) is 26.7 Å². The molecule has 2 aromatic carbocycles. The highest BCUT2D eigenvalue weighted by molar-refractivity contribution is 7.89. The molecule has 0 radical (unpaired) electrons. The monoisotopic (exact) mass is 470 g/mol. The second kappa shape index (κ2) is 10.7. The van der Waals surface area contributed by atoms with Gasteiger partial charge in [-0.25, -0.2) is 13.1 Å². The van der Waals surface area contributed by atoms with Crippen molar-refractivity contribution in [2.75, 3.05) is 50.7 Å². The zero-order valence-corrected chi connectivity index (χ0v) is 20.2. The van der Waals surface area contributed by atoms with Crippen molar-refractivity contribution in [2.24, 2.45) is 0 Å². The average Bonchev–Trinajstić information content (AvgIpc) is 3.38. The van der Waals surface area contributed by atoms with Crippen LogP contribution in [0.15, 0.2) is 53.4 Å². The SMILES string of the molecule is CCCNS(=O)(=O)c1cc(C(=O)N2CCN(Cc3ccccc3)CC2)ccc1N1CCCC1. The third-order valence-electron chi connectivity index (χ3n) is 6.39. The van der Waals surface area contributed by atoms with E-state index in [9.17, 15) is 13.2 Å². The maximum Gasteiger partial charge on any atom is 0.253 e. The first-order valence-corrected chi connectivity index (χ1v) is 13.4. The van der Waals surface area contributed by atoms with Crippen LogP contribution in [0, 0.1) is 0 Å². The van der Waals surface area contributed by atoms with Gasteiger partial charge in [0.2, 0.25) is 10.0 Å². The molecule has 0 aromatic heterocycles. The number of hydrogen-bond acceptors (Lipinski definition) is 5. The number of hydrogen-bond donors (Lipinski definition) is 1. The second-order valence-electron chi connectivity index (χ2n) is 8.83. The summed E-state index contributed by atoms with van der Waals surface area (Å²) in [6, 6.07) is 15.5. The van der Waals surface area contributed by atoms with Gasteiger partial charge in [0, 0.05) is 57.9 Å².